The molecule has 0 amide bonds. The summed E-state index contributed by atoms with van der Waals surface area (Å²) in [5.74, 6) is 0. The van der Waals surface area contributed by atoms with Crippen molar-refractivity contribution in [3.05, 3.63) is 12.1 Å². The largest absolute Gasteiger partial charge is 0.362 e. The summed E-state index contributed by atoms with van der Waals surface area (Å²) in [6.45, 7) is 0. The highest BCUT2D eigenvalue weighted by molar-refractivity contribution is 7.75. The molecule has 7 heteroatoms. The van der Waals surface area contributed by atoms with Gasteiger partial charge in [0.05, 0.1) is 7.11 Å². The SMILES string of the molecule is COS(=O)OC(F)=C(F)F. The van der Waals surface area contributed by atoms with Gasteiger partial charge in [0.15, 0.2) is 0 Å². The Morgan fingerprint density at radius 2 is 1.90 bits per heavy atom. The van der Waals surface area contributed by atoms with E-state index in [1.54, 1.807) is 0 Å². The lowest BCUT2D eigenvalue weighted by molar-refractivity contribution is 0.231. The highest BCUT2D eigenvalue weighted by Crippen LogP contribution is 2.11. The summed E-state index contributed by atoms with van der Waals surface area (Å²) >= 11 is -2.49. The van der Waals surface area contributed by atoms with E-state index in [1.165, 1.54) is 0 Å². The second-order valence-electron chi connectivity index (χ2n) is 0.988. The lowest BCUT2D eigenvalue weighted by atomic mass is 11.0. The Bertz CT molecular complexity index is 164. The van der Waals surface area contributed by atoms with Crippen molar-refractivity contribution in [2.24, 2.45) is 0 Å². The van der Waals surface area contributed by atoms with Crippen LogP contribution in [-0.2, 0) is 19.7 Å². The van der Waals surface area contributed by atoms with Crippen LogP contribution in [0.5, 0.6) is 0 Å². The summed E-state index contributed by atoms with van der Waals surface area (Å²) in [5, 5.41) is 0. The number of rotatable bonds is 3. The first-order chi connectivity index (χ1) is 4.57. The Kier molecular flexibility index (Phi) is 4.05. The average Bonchev–Trinajstić information content (AvgIpc) is 1.87. The molecule has 0 saturated carbocycles. The van der Waals surface area contributed by atoms with Crippen LogP contribution < -0.4 is 0 Å². The molecule has 1 unspecified atom stereocenters. The first-order valence-corrected chi connectivity index (χ1v) is 2.93. The molecule has 0 aliphatic heterocycles. The fourth-order valence-corrected chi connectivity index (χ4v) is 0.376. The smallest absolute Gasteiger partial charge is 0.344 e. The van der Waals surface area contributed by atoms with E-state index in [1.807, 2.05) is 0 Å². The maximum atomic E-state index is 11.6. The molecular weight excluding hydrogens is 173 g/mol. The van der Waals surface area contributed by atoms with E-state index in [9.17, 15) is 17.4 Å². The first kappa shape index (κ1) is 9.44. The Morgan fingerprint density at radius 3 is 2.20 bits per heavy atom. The molecule has 0 aromatic carbocycles. The van der Waals surface area contributed by atoms with Crippen LogP contribution in [0.2, 0.25) is 0 Å². The van der Waals surface area contributed by atoms with Crippen LogP contribution in [-0.4, -0.2) is 11.3 Å². The van der Waals surface area contributed by atoms with Gasteiger partial charge in [-0.05, 0) is 0 Å². The molecule has 0 rings (SSSR count). The molecule has 0 aromatic heterocycles. The Balaban J connectivity index is 3.92. The van der Waals surface area contributed by atoms with E-state index in [0.717, 1.165) is 7.11 Å². The molecule has 0 N–H and O–H groups in total. The van der Waals surface area contributed by atoms with E-state index in [4.69, 9.17) is 0 Å². The molecule has 0 saturated heterocycles. The summed E-state index contributed by atoms with van der Waals surface area (Å²) in [6, 6.07) is -2.19. The van der Waals surface area contributed by atoms with Gasteiger partial charge in [-0.3, -0.25) is 4.18 Å². The van der Waals surface area contributed by atoms with Crippen molar-refractivity contribution in [2.75, 3.05) is 7.11 Å². The van der Waals surface area contributed by atoms with Crippen LogP contribution in [0.25, 0.3) is 0 Å². The fraction of sp³-hybridized carbons (Fsp3) is 0.333. The van der Waals surface area contributed by atoms with Crippen molar-refractivity contribution in [3.63, 3.8) is 0 Å². The third kappa shape index (κ3) is 3.46. The molecule has 10 heavy (non-hydrogen) atoms. The maximum absolute atomic E-state index is 11.6. The quantitative estimate of drug-likeness (QED) is 0.607. The summed E-state index contributed by atoms with van der Waals surface area (Å²) in [6.07, 6.45) is -2.68. The number of hydrogen-bond donors (Lipinski definition) is 0. The zero-order valence-electron chi connectivity index (χ0n) is 4.77. The molecule has 0 aliphatic rings. The van der Waals surface area contributed by atoms with Gasteiger partial charge in [0.25, 0.3) is 0 Å². The summed E-state index contributed by atoms with van der Waals surface area (Å²) in [4.78, 5) is 0. The van der Waals surface area contributed by atoms with E-state index < -0.39 is 23.5 Å². The zero-order valence-corrected chi connectivity index (χ0v) is 5.58. The van der Waals surface area contributed by atoms with Gasteiger partial charge in [-0.1, -0.05) is 0 Å². The van der Waals surface area contributed by atoms with Crippen molar-refractivity contribution in [1.29, 1.82) is 0 Å². The molecule has 0 bridgehead atoms. The van der Waals surface area contributed by atoms with Gasteiger partial charge in [-0.2, -0.15) is 17.4 Å². The highest BCUT2D eigenvalue weighted by atomic mass is 32.2. The van der Waals surface area contributed by atoms with Gasteiger partial charge in [0.2, 0.25) is 0 Å². The molecular formula is C3H3F3O3S. The van der Waals surface area contributed by atoms with E-state index >= 15 is 0 Å². The second-order valence-corrected chi connectivity index (χ2v) is 1.90. The zero-order chi connectivity index (χ0) is 8.15. The van der Waals surface area contributed by atoms with Gasteiger partial charge in [-0.15, -0.1) is 0 Å². The molecule has 1 atom stereocenters. The minimum atomic E-state index is -2.68. The van der Waals surface area contributed by atoms with Gasteiger partial charge in [-0.25, -0.2) is 0 Å². The molecule has 0 radical (unpaired) electrons. The lowest BCUT2D eigenvalue weighted by Crippen LogP contribution is -1.96. The molecule has 0 aliphatic carbocycles. The monoisotopic (exact) mass is 176 g/mol. The highest BCUT2D eigenvalue weighted by Gasteiger charge is 2.10. The van der Waals surface area contributed by atoms with Gasteiger partial charge >= 0.3 is 23.5 Å². The van der Waals surface area contributed by atoms with Crippen molar-refractivity contribution in [2.45, 2.75) is 0 Å². The van der Waals surface area contributed by atoms with Crippen LogP contribution in [0.4, 0.5) is 13.2 Å². The average molecular weight is 176 g/mol. The van der Waals surface area contributed by atoms with Crippen molar-refractivity contribution in [3.8, 4) is 0 Å². The topological polar surface area (TPSA) is 35.5 Å². The predicted octanol–water partition coefficient (Wildman–Crippen LogP) is 1.26. The third-order valence-corrected chi connectivity index (χ3v) is 0.980. The molecule has 0 aromatic rings. The molecule has 3 nitrogen and oxygen atoms in total. The van der Waals surface area contributed by atoms with Crippen molar-refractivity contribution in [1.82, 2.24) is 0 Å². The number of hydrogen-bond acceptors (Lipinski definition) is 3. The third-order valence-electron chi connectivity index (χ3n) is 0.426. The maximum Gasteiger partial charge on any atom is 0.362 e. The predicted molar refractivity (Wildman–Crippen MR) is 26.6 cm³/mol. The van der Waals surface area contributed by atoms with Crippen LogP contribution in [0.1, 0.15) is 0 Å². The first-order valence-electron chi connectivity index (χ1n) is 1.93. The Labute approximate surface area is 57.3 Å². The standard InChI is InChI=1S/C3H3F3O3S/c1-8-10(7)9-3(6)2(4)5/h1H3. The minimum Gasteiger partial charge on any atom is -0.344 e. The minimum absolute atomic E-state index is 0.916. The van der Waals surface area contributed by atoms with E-state index in [-0.39, 0.29) is 0 Å². The van der Waals surface area contributed by atoms with Crippen LogP contribution in [0.3, 0.4) is 0 Å². The summed E-state index contributed by atoms with van der Waals surface area (Å²) in [7, 11) is 0.916. The normalized spacial score (nSPS) is 12.4. The van der Waals surface area contributed by atoms with Crippen molar-refractivity contribution < 1.29 is 25.7 Å². The summed E-state index contributed by atoms with van der Waals surface area (Å²) in [5.41, 5.74) is 0. The van der Waals surface area contributed by atoms with E-state index in [0.29, 0.717) is 0 Å². The Hall–Kier alpha value is -0.560. The van der Waals surface area contributed by atoms with Crippen LogP contribution >= 0.6 is 0 Å². The van der Waals surface area contributed by atoms with Gasteiger partial charge in [0, 0.05) is 0 Å². The fourth-order valence-electron chi connectivity index (χ4n) is 0.125. The van der Waals surface area contributed by atoms with E-state index in [2.05, 4.69) is 8.37 Å². The lowest BCUT2D eigenvalue weighted by Gasteiger charge is -1.95. The molecule has 0 heterocycles. The van der Waals surface area contributed by atoms with Crippen molar-refractivity contribution >= 4 is 11.4 Å². The van der Waals surface area contributed by atoms with Gasteiger partial charge in [0.1, 0.15) is 0 Å². The van der Waals surface area contributed by atoms with Gasteiger partial charge < -0.3 is 4.18 Å². The van der Waals surface area contributed by atoms with Crippen LogP contribution in [0.15, 0.2) is 12.1 Å². The molecule has 0 spiro atoms. The molecule has 0 fully saturated rings. The van der Waals surface area contributed by atoms with Crippen LogP contribution in [0, 0.1) is 0 Å². The second kappa shape index (κ2) is 4.29. The Morgan fingerprint density at radius 1 is 1.40 bits per heavy atom. The molecule has 60 valence electrons. The summed E-state index contributed by atoms with van der Waals surface area (Å²) < 4.78 is 51.0. The number of halogens is 3.